The van der Waals surface area contributed by atoms with Gasteiger partial charge in [0.25, 0.3) is 0 Å². The maximum Gasteiger partial charge on any atom is 0.338 e. The van der Waals surface area contributed by atoms with Crippen LogP contribution in [0, 0.1) is 0 Å². The smallest absolute Gasteiger partial charge is 0.338 e. The summed E-state index contributed by atoms with van der Waals surface area (Å²) in [7, 11) is 1.86. The van der Waals surface area contributed by atoms with Gasteiger partial charge in [-0.1, -0.05) is 48.5 Å². The highest BCUT2D eigenvalue weighted by Crippen LogP contribution is 2.17. The first-order valence-corrected chi connectivity index (χ1v) is 6.91. The molecule has 22 heavy (non-hydrogen) atoms. The van der Waals surface area contributed by atoms with Gasteiger partial charge in [-0.15, -0.1) is 10.2 Å². The van der Waals surface area contributed by atoms with Crippen LogP contribution in [-0.4, -0.2) is 20.7 Å². The molecule has 0 bridgehead atoms. The molecular weight excluding hydrogens is 278 g/mol. The van der Waals surface area contributed by atoms with Crippen LogP contribution < -0.4 is 0 Å². The van der Waals surface area contributed by atoms with Crippen molar-refractivity contribution in [2.45, 2.75) is 6.61 Å². The van der Waals surface area contributed by atoms with Gasteiger partial charge in [0, 0.05) is 12.6 Å². The number of carbonyl (C=O) groups is 1. The lowest BCUT2D eigenvalue weighted by molar-refractivity contribution is 0.0459. The molecule has 1 heterocycles. The monoisotopic (exact) mass is 293 g/mol. The molecule has 0 spiro atoms. The van der Waals surface area contributed by atoms with Crippen molar-refractivity contribution in [1.29, 1.82) is 0 Å². The standard InChI is InChI=1S/C17H15N3O2/c1-20-15(12-22-17(21)14-10-6-3-7-11-14)18-19-16(20)13-8-4-2-5-9-13/h2-11H,12H2,1H3. The average Bonchev–Trinajstić information content (AvgIpc) is 2.95. The van der Waals surface area contributed by atoms with Gasteiger partial charge >= 0.3 is 5.97 Å². The Kier molecular flexibility index (Phi) is 3.96. The number of rotatable bonds is 4. The lowest BCUT2D eigenvalue weighted by atomic mass is 10.2. The molecule has 0 amide bonds. The van der Waals surface area contributed by atoms with E-state index in [1.165, 1.54) is 0 Å². The molecule has 0 aliphatic rings. The van der Waals surface area contributed by atoms with Crippen molar-refractivity contribution in [3.05, 3.63) is 72.1 Å². The predicted octanol–water partition coefficient (Wildman–Crippen LogP) is 2.84. The molecule has 0 aliphatic heterocycles. The Labute approximate surface area is 128 Å². The summed E-state index contributed by atoms with van der Waals surface area (Å²) >= 11 is 0. The molecule has 5 heteroatoms. The van der Waals surface area contributed by atoms with E-state index in [2.05, 4.69) is 10.2 Å². The van der Waals surface area contributed by atoms with Gasteiger partial charge in [0.15, 0.2) is 18.3 Å². The maximum absolute atomic E-state index is 11.9. The summed E-state index contributed by atoms with van der Waals surface area (Å²) in [5.41, 5.74) is 1.49. The molecule has 110 valence electrons. The van der Waals surface area contributed by atoms with Gasteiger partial charge < -0.3 is 9.30 Å². The van der Waals surface area contributed by atoms with Crippen molar-refractivity contribution in [3.8, 4) is 11.4 Å². The topological polar surface area (TPSA) is 57.0 Å². The Bertz CT molecular complexity index is 767. The number of ether oxygens (including phenoxy) is 1. The van der Waals surface area contributed by atoms with Crippen molar-refractivity contribution in [2.75, 3.05) is 0 Å². The number of hydrogen-bond acceptors (Lipinski definition) is 4. The Balaban J connectivity index is 1.72. The molecule has 0 fully saturated rings. The first-order valence-electron chi connectivity index (χ1n) is 6.91. The van der Waals surface area contributed by atoms with Crippen LogP contribution in [0.5, 0.6) is 0 Å². The molecule has 0 N–H and O–H groups in total. The zero-order valence-corrected chi connectivity index (χ0v) is 12.1. The number of benzene rings is 2. The van der Waals surface area contributed by atoms with Crippen LogP contribution in [0.4, 0.5) is 0 Å². The lowest BCUT2D eigenvalue weighted by Crippen LogP contribution is -2.08. The third-order valence-electron chi connectivity index (χ3n) is 3.34. The second-order valence-corrected chi connectivity index (χ2v) is 4.81. The highest BCUT2D eigenvalue weighted by atomic mass is 16.5. The van der Waals surface area contributed by atoms with E-state index >= 15 is 0 Å². The lowest BCUT2D eigenvalue weighted by Gasteiger charge is -2.05. The summed E-state index contributed by atoms with van der Waals surface area (Å²) < 4.78 is 7.11. The number of esters is 1. The number of hydrogen-bond donors (Lipinski definition) is 0. The minimum atomic E-state index is -0.370. The zero-order valence-electron chi connectivity index (χ0n) is 12.1. The number of nitrogens with zero attached hydrogens (tertiary/aromatic N) is 3. The van der Waals surface area contributed by atoms with Crippen LogP contribution >= 0.6 is 0 Å². The Morgan fingerprint density at radius 3 is 2.32 bits per heavy atom. The third-order valence-corrected chi connectivity index (χ3v) is 3.34. The van der Waals surface area contributed by atoms with Crippen molar-refractivity contribution >= 4 is 5.97 Å². The van der Waals surface area contributed by atoms with Crippen LogP contribution in [0.25, 0.3) is 11.4 Å². The second-order valence-electron chi connectivity index (χ2n) is 4.81. The fourth-order valence-corrected chi connectivity index (χ4v) is 2.11. The molecule has 0 radical (unpaired) electrons. The van der Waals surface area contributed by atoms with Crippen molar-refractivity contribution < 1.29 is 9.53 Å². The summed E-state index contributed by atoms with van der Waals surface area (Å²) in [5.74, 6) is 0.972. The minimum Gasteiger partial charge on any atom is -0.454 e. The molecule has 3 aromatic rings. The van der Waals surface area contributed by atoms with Gasteiger partial charge in [0.05, 0.1) is 5.56 Å². The van der Waals surface area contributed by atoms with Crippen molar-refractivity contribution in [2.24, 2.45) is 7.05 Å². The van der Waals surface area contributed by atoms with Crippen molar-refractivity contribution in [1.82, 2.24) is 14.8 Å². The van der Waals surface area contributed by atoms with E-state index in [9.17, 15) is 4.79 Å². The van der Waals surface area contributed by atoms with E-state index in [1.54, 1.807) is 24.3 Å². The predicted molar refractivity (Wildman–Crippen MR) is 82.0 cm³/mol. The molecule has 0 atom stereocenters. The van der Waals surface area contributed by atoms with Gasteiger partial charge in [-0.3, -0.25) is 0 Å². The molecule has 1 aromatic heterocycles. The van der Waals surface area contributed by atoms with Crippen LogP contribution in [0.2, 0.25) is 0 Å². The number of carbonyl (C=O) groups excluding carboxylic acids is 1. The van der Waals surface area contributed by atoms with E-state index < -0.39 is 0 Å². The van der Waals surface area contributed by atoms with Gasteiger partial charge in [-0.25, -0.2) is 4.79 Å². The Morgan fingerprint density at radius 1 is 1.00 bits per heavy atom. The summed E-state index contributed by atoms with van der Waals surface area (Å²) in [4.78, 5) is 11.9. The van der Waals surface area contributed by atoms with E-state index in [0.29, 0.717) is 11.4 Å². The maximum atomic E-state index is 11.9. The normalized spacial score (nSPS) is 10.4. The van der Waals surface area contributed by atoms with E-state index in [4.69, 9.17) is 4.74 Å². The van der Waals surface area contributed by atoms with E-state index in [0.717, 1.165) is 11.4 Å². The summed E-state index contributed by atoms with van der Waals surface area (Å²) in [6.07, 6.45) is 0. The fourth-order valence-electron chi connectivity index (χ4n) is 2.11. The third kappa shape index (κ3) is 2.88. The molecule has 0 saturated heterocycles. The van der Waals surface area contributed by atoms with Crippen LogP contribution in [0.1, 0.15) is 16.2 Å². The van der Waals surface area contributed by atoms with Crippen LogP contribution in [0.15, 0.2) is 60.7 Å². The van der Waals surface area contributed by atoms with Crippen LogP contribution in [-0.2, 0) is 18.4 Å². The molecule has 5 nitrogen and oxygen atoms in total. The van der Waals surface area contributed by atoms with E-state index in [-0.39, 0.29) is 12.6 Å². The first kappa shape index (κ1) is 14.0. The fraction of sp³-hybridized carbons (Fsp3) is 0.118. The summed E-state index contributed by atoms with van der Waals surface area (Å²) in [6.45, 7) is 0.0874. The molecule has 0 unspecified atom stereocenters. The minimum absolute atomic E-state index is 0.0874. The van der Waals surface area contributed by atoms with Gasteiger partial charge in [0.1, 0.15) is 0 Å². The SMILES string of the molecule is Cn1c(COC(=O)c2ccccc2)nnc1-c1ccccc1. The molecule has 0 saturated carbocycles. The molecule has 2 aromatic carbocycles. The number of aromatic nitrogens is 3. The van der Waals surface area contributed by atoms with Gasteiger partial charge in [0.2, 0.25) is 0 Å². The molecule has 0 aliphatic carbocycles. The van der Waals surface area contributed by atoms with E-state index in [1.807, 2.05) is 48.0 Å². The van der Waals surface area contributed by atoms with Gasteiger partial charge in [-0.05, 0) is 12.1 Å². The molecular formula is C17H15N3O2. The second kappa shape index (κ2) is 6.22. The Morgan fingerprint density at radius 2 is 1.64 bits per heavy atom. The first-order chi connectivity index (χ1) is 10.8. The largest absolute Gasteiger partial charge is 0.454 e. The van der Waals surface area contributed by atoms with Crippen LogP contribution in [0.3, 0.4) is 0 Å². The molecule has 3 rings (SSSR count). The Hall–Kier alpha value is -2.95. The summed E-state index contributed by atoms with van der Waals surface area (Å²) in [5, 5.41) is 8.25. The highest BCUT2D eigenvalue weighted by Gasteiger charge is 2.13. The summed E-state index contributed by atoms with van der Waals surface area (Å²) in [6, 6.07) is 18.6. The highest BCUT2D eigenvalue weighted by molar-refractivity contribution is 5.89. The van der Waals surface area contributed by atoms with Crippen molar-refractivity contribution in [3.63, 3.8) is 0 Å². The quantitative estimate of drug-likeness (QED) is 0.694. The zero-order chi connectivity index (χ0) is 15.4. The average molecular weight is 293 g/mol. The van der Waals surface area contributed by atoms with Gasteiger partial charge in [-0.2, -0.15) is 0 Å².